The van der Waals surface area contributed by atoms with E-state index in [1.807, 2.05) is 12.1 Å². The second kappa shape index (κ2) is 6.80. The van der Waals surface area contributed by atoms with Crippen molar-refractivity contribution in [2.24, 2.45) is 5.84 Å². The number of benzene rings is 2. The van der Waals surface area contributed by atoms with Crippen LogP contribution in [0.1, 0.15) is 11.1 Å². The highest BCUT2D eigenvalue weighted by atomic mass is 79.9. The molecule has 2 aromatic carbocycles. The fourth-order valence-corrected chi connectivity index (χ4v) is 2.26. The highest BCUT2D eigenvalue weighted by molar-refractivity contribution is 9.10. The molecule has 0 saturated carbocycles. The van der Waals surface area contributed by atoms with Crippen LogP contribution in [0.15, 0.2) is 53.0 Å². The maximum Gasteiger partial charge on any atom is 0.123 e. The molecule has 0 aliphatic carbocycles. The molecule has 4 heteroatoms. The van der Waals surface area contributed by atoms with E-state index in [-0.39, 0.29) is 11.9 Å². The van der Waals surface area contributed by atoms with Crippen LogP contribution in [0.4, 0.5) is 4.39 Å². The van der Waals surface area contributed by atoms with Crippen LogP contribution in [0.3, 0.4) is 0 Å². The van der Waals surface area contributed by atoms with Crippen LogP contribution in [0.5, 0.6) is 0 Å². The molecular weight excluding hydrogens is 307 g/mol. The predicted octanol–water partition coefficient (Wildman–Crippen LogP) is 3.21. The average molecular weight is 323 g/mol. The zero-order valence-electron chi connectivity index (χ0n) is 10.4. The Balaban J connectivity index is 2.00. The summed E-state index contributed by atoms with van der Waals surface area (Å²) in [5, 5.41) is 0. The third-order valence-corrected chi connectivity index (χ3v) is 3.56. The number of rotatable bonds is 5. The summed E-state index contributed by atoms with van der Waals surface area (Å²) in [6, 6.07) is 14.8. The molecule has 0 radical (unpaired) electrons. The van der Waals surface area contributed by atoms with Gasteiger partial charge in [0.25, 0.3) is 0 Å². The Bertz CT molecular complexity index is 463. The van der Waals surface area contributed by atoms with E-state index in [0.717, 1.165) is 22.9 Å². The van der Waals surface area contributed by atoms with E-state index in [9.17, 15) is 4.39 Å². The van der Waals surface area contributed by atoms with Crippen molar-refractivity contribution in [3.05, 3.63) is 69.9 Å². The van der Waals surface area contributed by atoms with Crippen LogP contribution in [0.25, 0.3) is 0 Å². The van der Waals surface area contributed by atoms with Gasteiger partial charge >= 0.3 is 0 Å². The number of nitrogens with one attached hydrogen (secondary N) is 1. The molecule has 0 spiro atoms. The Labute approximate surface area is 120 Å². The summed E-state index contributed by atoms with van der Waals surface area (Å²) >= 11 is 3.41. The highest BCUT2D eigenvalue weighted by Crippen LogP contribution is 2.13. The summed E-state index contributed by atoms with van der Waals surface area (Å²) in [4.78, 5) is 0. The monoisotopic (exact) mass is 322 g/mol. The van der Waals surface area contributed by atoms with Crippen LogP contribution in [0.2, 0.25) is 0 Å². The SMILES string of the molecule is NNC(Cc1ccc(F)cc1)Cc1ccc(Br)cc1. The van der Waals surface area contributed by atoms with E-state index in [4.69, 9.17) is 5.84 Å². The molecule has 0 amide bonds. The van der Waals surface area contributed by atoms with Crippen molar-refractivity contribution < 1.29 is 4.39 Å². The summed E-state index contributed by atoms with van der Waals surface area (Å²) in [7, 11) is 0. The van der Waals surface area contributed by atoms with E-state index < -0.39 is 0 Å². The highest BCUT2D eigenvalue weighted by Gasteiger charge is 2.09. The lowest BCUT2D eigenvalue weighted by atomic mass is 9.99. The molecule has 2 aromatic rings. The van der Waals surface area contributed by atoms with Crippen LogP contribution < -0.4 is 11.3 Å². The number of hydrazine groups is 1. The quantitative estimate of drug-likeness (QED) is 0.655. The van der Waals surface area contributed by atoms with Crippen LogP contribution in [-0.4, -0.2) is 6.04 Å². The van der Waals surface area contributed by atoms with Crippen LogP contribution in [-0.2, 0) is 12.8 Å². The number of hydrogen-bond donors (Lipinski definition) is 2. The Morgan fingerprint density at radius 3 is 1.89 bits per heavy atom. The predicted molar refractivity (Wildman–Crippen MR) is 79.1 cm³/mol. The van der Waals surface area contributed by atoms with Gasteiger partial charge in [0, 0.05) is 10.5 Å². The van der Waals surface area contributed by atoms with Crippen LogP contribution >= 0.6 is 15.9 Å². The molecular formula is C15H16BrFN2. The molecule has 0 aromatic heterocycles. The largest absolute Gasteiger partial charge is 0.271 e. The molecule has 2 rings (SSSR count). The molecule has 0 aliphatic rings. The Morgan fingerprint density at radius 1 is 0.947 bits per heavy atom. The fourth-order valence-electron chi connectivity index (χ4n) is 2.00. The van der Waals surface area contributed by atoms with Crippen molar-refractivity contribution in [2.75, 3.05) is 0 Å². The molecule has 2 nitrogen and oxygen atoms in total. The Kier molecular flexibility index (Phi) is 5.07. The second-order valence-corrected chi connectivity index (χ2v) is 5.44. The zero-order valence-corrected chi connectivity index (χ0v) is 12.0. The van der Waals surface area contributed by atoms with Crippen molar-refractivity contribution in [3.63, 3.8) is 0 Å². The van der Waals surface area contributed by atoms with Gasteiger partial charge in [0.1, 0.15) is 5.82 Å². The maximum absolute atomic E-state index is 12.8. The van der Waals surface area contributed by atoms with E-state index in [1.54, 1.807) is 12.1 Å². The first-order valence-corrected chi connectivity index (χ1v) is 6.91. The summed E-state index contributed by atoms with van der Waals surface area (Å²) < 4.78 is 13.9. The van der Waals surface area contributed by atoms with Crippen molar-refractivity contribution in [1.82, 2.24) is 5.43 Å². The minimum absolute atomic E-state index is 0.131. The van der Waals surface area contributed by atoms with E-state index in [2.05, 4.69) is 33.5 Å². The lowest BCUT2D eigenvalue weighted by molar-refractivity contribution is 0.522. The number of hydrogen-bond acceptors (Lipinski definition) is 2. The minimum Gasteiger partial charge on any atom is -0.271 e. The van der Waals surface area contributed by atoms with Gasteiger partial charge in [-0.2, -0.15) is 0 Å². The molecule has 0 heterocycles. The van der Waals surface area contributed by atoms with Gasteiger partial charge in [0.15, 0.2) is 0 Å². The van der Waals surface area contributed by atoms with Gasteiger partial charge in [-0.3, -0.25) is 11.3 Å². The van der Waals surface area contributed by atoms with E-state index in [1.165, 1.54) is 17.7 Å². The molecule has 1 atom stereocenters. The molecule has 100 valence electrons. The first-order chi connectivity index (χ1) is 9.17. The molecule has 0 aliphatic heterocycles. The minimum atomic E-state index is -0.214. The van der Waals surface area contributed by atoms with Crippen LogP contribution in [0, 0.1) is 5.82 Å². The van der Waals surface area contributed by atoms with Gasteiger partial charge in [0.05, 0.1) is 0 Å². The standard InChI is InChI=1S/C15H16BrFN2/c16-13-5-1-11(2-6-13)9-15(19-18)10-12-3-7-14(17)8-4-12/h1-8,15,19H,9-10,18H2. The van der Waals surface area contributed by atoms with Crippen molar-refractivity contribution in [1.29, 1.82) is 0 Å². The number of halogens is 2. The summed E-state index contributed by atoms with van der Waals surface area (Å²) in [6.07, 6.45) is 1.61. The first-order valence-electron chi connectivity index (χ1n) is 6.12. The third-order valence-electron chi connectivity index (χ3n) is 3.03. The lowest BCUT2D eigenvalue weighted by Crippen LogP contribution is -2.38. The number of nitrogens with two attached hydrogens (primary N) is 1. The first kappa shape index (κ1) is 14.2. The van der Waals surface area contributed by atoms with E-state index in [0.29, 0.717) is 0 Å². The smallest absolute Gasteiger partial charge is 0.123 e. The normalized spacial score (nSPS) is 12.4. The summed E-state index contributed by atoms with van der Waals surface area (Å²) in [6.45, 7) is 0. The molecule has 0 fully saturated rings. The Morgan fingerprint density at radius 2 is 1.42 bits per heavy atom. The lowest BCUT2D eigenvalue weighted by Gasteiger charge is -2.16. The zero-order chi connectivity index (χ0) is 13.7. The van der Waals surface area contributed by atoms with Gasteiger partial charge in [-0.25, -0.2) is 4.39 Å². The van der Waals surface area contributed by atoms with Gasteiger partial charge in [0.2, 0.25) is 0 Å². The molecule has 0 saturated heterocycles. The second-order valence-electron chi connectivity index (χ2n) is 4.52. The Hall–Kier alpha value is -1.23. The molecule has 3 N–H and O–H groups in total. The third kappa shape index (κ3) is 4.42. The van der Waals surface area contributed by atoms with Gasteiger partial charge in [-0.05, 0) is 48.2 Å². The van der Waals surface area contributed by atoms with Gasteiger partial charge in [-0.15, -0.1) is 0 Å². The van der Waals surface area contributed by atoms with Crippen molar-refractivity contribution >= 4 is 15.9 Å². The van der Waals surface area contributed by atoms with Gasteiger partial charge < -0.3 is 0 Å². The fraction of sp³-hybridized carbons (Fsp3) is 0.200. The van der Waals surface area contributed by atoms with E-state index >= 15 is 0 Å². The molecule has 0 bridgehead atoms. The average Bonchev–Trinajstić information content (AvgIpc) is 2.43. The van der Waals surface area contributed by atoms with Crippen molar-refractivity contribution in [3.8, 4) is 0 Å². The topological polar surface area (TPSA) is 38.0 Å². The van der Waals surface area contributed by atoms with Crippen molar-refractivity contribution in [2.45, 2.75) is 18.9 Å². The molecule has 1 unspecified atom stereocenters. The maximum atomic E-state index is 12.8. The summed E-state index contributed by atoms with van der Waals surface area (Å²) in [5.74, 6) is 5.38. The van der Waals surface area contributed by atoms with Gasteiger partial charge in [-0.1, -0.05) is 40.2 Å². The summed E-state index contributed by atoms with van der Waals surface area (Å²) in [5.41, 5.74) is 5.11. The molecule has 19 heavy (non-hydrogen) atoms.